The van der Waals surface area contributed by atoms with Crippen LogP contribution in [0.2, 0.25) is 0 Å². The fraction of sp³-hybridized carbons (Fsp3) is 0.100. The van der Waals surface area contributed by atoms with E-state index < -0.39 is 5.34 Å². The second-order valence-electron chi connectivity index (χ2n) is 5.45. The van der Waals surface area contributed by atoms with E-state index in [1.807, 2.05) is 66.7 Å². The number of benzene rings is 3. The van der Waals surface area contributed by atoms with Gasteiger partial charge in [-0.15, -0.1) is 0 Å². The summed E-state index contributed by atoms with van der Waals surface area (Å²) in [5.74, 6) is -0.151. The van der Waals surface area contributed by atoms with Gasteiger partial charge in [-0.25, -0.2) is 0 Å². The summed E-state index contributed by atoms with van der Waals surface area (Å²) in [5.41, 5.74) is 3.07. The monoisotopic (exact) mass is 306 g/mol. The van der Waals surface area contributed by atoms with Crippen molar-refractivity contribution in [2.45, 2.75) is 11.3 Å². The van der Waals surface area contributed by atoms with E-state index in [0.29, 0.717) is 0 Å². The van der Waals surface area contributed by atoms with Crippen LogP contribution in [0.15, 0.2) is 91.0 Å². The molecule has 1 nitrogen and oxygen atoms in total. The van der Waals surface area contributed by atoms with Gasteiger partial charge in [0, 0.05) is 5.92 Å². The summed E-state index contributed by atoms with van der Waals surface area (Å²) in [7, 11) is 2.65. The standard InChI is InChI=1S/C20H19OP/c21-20(22,18-14-8-3-9-15-18)19(16-10-4-1-5-11-16)17-12-6-2-7-13-17/h1-15,19,21H,22H2. The van der Waals surface area contributed by atoms with Crippen molar-refractivity contribution in [2.24, 2.45) is 0 Å². The van der Waals surface area contributed by atoms with Crippen LogP contribution in [0.5, 0.6) is 0 Å². The van der Waals surface area contributed by atoms with Crippen molar-refractivity contribution in [1.29, 1.82) is 0 Å². The zero-order valence-electron chi connectivity index (χ0n) is 12.3. The fourth-order valence-electron chi connectivity index (χ4n) is 2.86. The molecule has 0 saturated carbocycles. The van der Waals surface area contributed by atoms with Crippen LogP contribution in [-0.2, 0) is 5.34 Å². The Kier molecular flexibility index (Phi) is 4.38. The SMILES string of the molecule is OC(P)(c1ccccc1)C(c1ccccc1)c1ccccc1. The molecule has 0 spiro atoms. The summed E-state index contributed by atoms with van der Waals surface area (Å²) < 4.78 is 0. The molecule has 0 radical (unpaired) electrons. The predicted octanol–water partition coefficient (Wildman–Crippen LogP) is 4.54. The minimum Gasteiger partial charge on any atom is -0.380 e. The molecule has 110 valence electrons. The van der Waals surface area contributed by atoms with Crippen LogP contribution in [0.25, 0.3) is 0 Å². The Hall–Kier alpha value is -1.95. The molecule has 3 aromatic carbocycles. The van der Waals surface area contributed by atoms with Crippen molar-refractivity contribution < 1.29 is 5.11 Å². The van der Waals surface area contributed by atoms with Crippen LogP contribution in [0.3, 0.4) is 0 Å². The zero-order valence-corrected chi connectivity index (χ0v) is 13.4. The van der Waals surface area contributed by atoms with Gasteiger partial charge in [0.2, 0.25) is 0 Å². The van der Waals surface area contributed by atoms with Crippen molar-refractivity contribution >= 4 is 9.24 Å². The van der Waals surface area contributed by atoms with E-state index >= 15 is 0 Å². The van der Waals surface area contributed by atoms with Crippen molar-refractivity contribution in [1.82, 2.24) is 0 Å². The molecule has 3 aromatic rings. The highest BCUT2D eigenvalue weighted by molar-refractivity contribution is 7.18. The first-order valence-corrected chi connectivity index (χ1v) is 7.94. The maximum absolute atomic E-state index is 11.3. The molecule has 0 aliphatic heterocycles. The Labute approximate surface area is 133 Å². The second kappa shape index (κ2) is 6.44. The molecule has 3 rings (SSSR count). The van der Waals surface area contributed by atoms with Gasteiger partial charge in [-0.1, -0.05) is 100 Å². The van der Waals surface area contributed by atoms with E-state index in [1.165, 1.54) is 0 Å². The lowest BCUT2D eigenvalue weighted by Gasteiger charge is -2.34. The highest BCUT2D eigenvalue weighted by Crippen LogP contribution is 2.46. The summed E-state index contributed by atoms with van der Waals surface area (Å²) in [6, 6.07) is 30.1. The Morgan fingerprint density at radius 2 is 1.00 bits per heavy atom. The van der Waals surface area contributed by atoms with Crippen molar-refractivity contribution in [3.63, 3.8) is 0 Å². The molecular formula is C20H19OP. The number of hydrogen-bond donors (Lipinski definition) is 1. The first kappa shape index (κ1) is 15.0. The first-order chi connectivity index (χ1) is 10.7. The number of aliphatic hydroxyl groups is 1. The second-order valence-corrected chi connectivity index (χ2v) is 6.33. The summed E-state index contributed by atoms with van der Waals surface area (Å²) in [6.07, 6.45) is 0. The van der Waals surface area contributed by atoms with Gasteiger partial charge < -0.3 is 5.11 Å². The van der Waals surface area contributed by atoms with Gasteiger partial charge in [-0.05, 0) is 16.7 Å². The van der Waals surface area contributed by atoms with Crippen LogP contribution >= 0.6 is 9.24 Å². The molecule has 2 unspecified atom stereocenters. The first-order valence-electron chi connectivity index (χ1n) is 7.36. The maximum atomic E-state index is 11.3. The minimum atomic E-state index is -1.07. The topological polar surface area (TPSA) is 20.2 Å². The molecule has 0 aliphatic rings. The van der Waals surface area contributed by atoms with Crippen molar-refractivity contribution in [3.8, 4) is 0 Å². The quantitative estimate of drug-likeness (QED) is 0.702. The van der Waals surface area contributed by atoms with E-state index in [9.17, 15) is 5.11 Å². The highest BCUT2D eigenvalue weighted by Gasteiger charge is 2.36. The lowest BCUT2D eigenvalue weighted by Crippen LogP contribution is -2.27. The third-order valence-corrected chi connectivity index (χ3v) is 4.61. The molecular weight excluding hydrogens is 287 g/mol. The van der Waals surface area contributed by atoms with Gasteiger partial charge in [0.1, 0.15) is 5.34 Å². The van der Waals surface area contributed by atoms with Crippen LogP contribution < -0.4 is 0 Å². The third-order valence-electron chi connectivity index (χ3n) is 3.94. The normalized spacial score (nSPS) is 13.8. The summed E-state index contributed by atoms with van der Waals surface area (Å²) >= 11 is 0. The van der Waals surface area contributed by atoms with Crippen LogP contribution in [0.1, 0.15) is 22.6 Å². The molecule has 0 aromatic heterocycles. The average Bonchev–Trinajstić information content (AvgIpc) is 2.58. The molecule has 0 saturated heterocycles. The molecule has 0 aliphatic carbocycles. The van der Waals surface area contributed by atoms with E-state index in [1.54, 1.807) is 0 Å². The summed E-state index contributed by atoms with van der Waals surface area (Å²) in [4.78, 5) is 0. The van der Waals surface area contributed by atoms with E-state index in [2.05, 4.69) is 33.5 Å². The van der Waals surface area contributed by atoms with Crippen LogP contribution in [-0.4, -0.2) is 5.11 Å². The Morgan fingerprint density at radius 3 is 1.41 bits per heavy atom. The lowest BCUT2D eigenvalue weighted by atomic mass is 9.83. The third kappa shape index (κ3) is 2.97. The number of hydrogen-bond acceptors (Lipinski definition) is 1. The highest BCUT2D eigenvalue weighted by atomic mass is 31.0. The summed E-state index contributed by atoms with van der Waals surface area (Å²) in [5, 5.41) is 10.2. The van der Waals surface area contributed by atoms with Crippen LogP contribution in [0, 0.1) is 0 Å². The zero-order chi connectivity index (χ0) is 15.4. The van der Waals surface area contributed by atoms with Gasteiger partial charge in [0.05, 0.1) is 0 Å². The molecule has 1 N–H and O–H groups in total. The summed E-state index contributed by atoms with van der Waals surface area (Å²) in [6.45, 7) is 0. The lowest BCUT2D eigenvalue weighted by molar-refractivity contribution is 0.117. The largest absolute Gasteiger partial charge is 0.380 e. The molecule has 0 bridgehead atoms. The number of rotatable bonds is 4. The predicted molar refractivity (Wildman–Crippen MR) is 94.8 cm³/mol. The molecule has 0 fully saturated rings. The van der Waals surface area contributed by atoms with Gasteiger partial charge in [0.25, 0.3) is 0 Å². The molecule has 0 heterocycles. The average molecular weight is 306 g/mol. The van der Waals surface area contributed by atoms with E-state index in [4.69, 9.17) is 0 Å². The molecule has 22 heavy (non-hydrogen) atoms. The Bertz CT molecular complexity index is 669. The Balaban J connectivity index is 2.14. The Morgan fingerprint density at radius 1 is 0.636 bits per heavy atom. The molecule has 2 atom stereocenters. The van der Waals surface area contributed by atoms with Crippen LogP contribution in [0.4, 0.5) is 0 Å². The van der Waals surface area contributed by atoms with Gasteiger partial charge >= 0.3 is 0 Å². The maximum Gasteiger partial charge on any atom is 0.113 e. The van der Waals surface area contributed by atoms with Gasteiger partial charge in [-0.2, -0.15) is 0 Å². The smallest absolute Gasteiger partial charge is 0.113 e. The van der Waals surface area contributed by atoms with Crippen molar-refractivity contribution in [3.05, 3.63) is 108 Å². The van der Waals surface area contributed by atoms with Gasteiger partial charge in [-0.3, -0.25) is 0 Å². The van der Waals surface area contributed by atoms with Gasteiger partial charge in [0.15, 0.2) is 0 Å². The van der Waals surface area contributed by atoms with E-state index in [0.717, 1.165) is 16.7 Å². The minimum absolute atomic E-state index is 0.151. The molecule has 0 amide bonds. The van der Waals surface area contributed by atoms with E-state index in [-0.39, 0.29) is 5.92 Å². The fourth-order valence-corrected chi connectivity index (χ4v) is 3.44. The molecule has 2 heteroatoms. The van der Waals surface area contributed by atoms with Crippen molar-refractivity contribution in [2.75, 3.05) is 0 Å².